The molecule has 0 fully saturated rings. The first kappa shape index (κ1) is 20.5. The van der Waals surface area contributed by atoms with Crippen LogP contribution in [0.3, 0.4) is 0 Å². The van der Waals surface area contributed by atoms with Gasteiger partial charge in [0.05, 0.1) is 17.6 Å². The average Bonchev–Trinajstić information content (AvgIpc) is 2.94. The van der Waals surface area contributed by atoms with Gasteiger partial charge in [-0.05, 0) is 48.4 Å². The van der Waals surface area contributed by atoms with E-state index in [1.165, 1.54) is 16.7 Å². The van der Waals surface area contributed by atoms with Crippen molar-refractivity contribution in [3.05, 3.63) is 64.0 Å². The maximum Gasteiger partial charge on any atom is 0.268 e. The van der Waals surface area contributed by atoms with Crippen LogP contribution in [0.5, 0.6) is 5.75 Å². The molecule has 1 heterocycles. The smallest absolute Gasteiger partial charge is 0.268 e. The molecule has 0 bridgehead atoms. The molecule has 0 spiro atoms. The summed E-state index contributed by atoms with van der Waals surface area (Å²) in [5, 5.41) is 0.628. The van der Waals surface area contributed by atoms with E-state index in [1.54, 1.807) is 31.4 Å². The molecule has 0 N–H and O–H groups in total. The first-order valence-electron chi connectivity index (χ1n) is 9.23. The highest BCUT2D eigenvalue weighted by atomic mass is 35.5. The third kappa shape index (κ3) is 4.42. The Bertz CT molecular complexity index is 891. The molecule has 0 atom stereocenters. The van der Waals surface area contributed by atoms with E-state index >= 15 is 0 Å². The number of halogens is 1. The maximum absolute atomic E-state index is 13.1. The van der Waals surface area contributed by atoms with Crippen molar-refractivity contribution in [2.24, 2.45) is 0 Å². The number of rotatable bonds is 8. The number of benzene rings is 2. The van der Waals surface area contributed by atoms with Crippen molar-refractivity contribution in [2.75, 3.05) is 13.7 Å². The molecule has 0 radical (unpaired) electrons. The van der Waals surface area contributed by atoms with Crippen LogP contribution in [0.2, 0.25) is 5.02 Å². The van der Waals surface area contributed by atoms with Crippen molar-refractivity contribution in [3.8, 4) is 5.75 Å². The summed E-state index contributed by atoms with van der Waals surface area (Å²) in [6.07, 6.45) is 2.82. The number of ether oxygens (including phenoxy) is 1. The molecule has 1 aliphatic rings. The van der Waals surface area contributed by atoms with Crippen LogP contribution in [0.4, 0.5) is 0 Å². The van der Waals surface area contributed by atoms with Gasteiger partial charge < -0.3 is 4.74 Å². The van der Waals surface area contributed by atoms with Gasteiger partial charge in [0.15, 0.2) is 0 Å². The fraction of sp³-hybridized carbons (Fsp3) is 0.273. The first-order valence-corrected chi connectivity index (χ1v) is 10.4. The maximum atomic E-state index is 13.1. The van der Waals surface area contributed by atoms with Crippen molar-refractivity contribution in [1.29, 1.82) is 0 Å². The van der Waals surface area contributed by atoms with Gasteiger partial charge >= 0.3 is 0 Å². The van der Waals surface area contributed by atoms with Crippen molar-refractivity contribution in [2.45, 2.75) is 31.1 Å². The zero-order chi connectivity index (χ0) is 20.1. The molecule has 2 aromatic carbocycles. The van der Waals surface area contributed by atoms with Crippen LogP contribution >= 0.6 is 23.4 Å². The van der Waals surface area contributed by atoms with E-state index in [9.17, 15) is 9.59 Å². The molecule has 0 saturated carbocycles. The Labute approximate surface area is 174 Å². The third-order valence-electron chi connectivity index (χ3n) is 4.52. The summed E-state index contributed by atoms with van der Waals surface area (Å²) in [6.45, 7) is 2.53. The number of methoxy groups -OCH3 is 1. The van der Waals surface area contributed by atoms with Gasteiger partial charge in [-0.1, -0.05) is 55.3 Å². The van der Waals surface area contributed by atoms with E-state index in [0.29, 0.717) is 33.4 Å². The highest BCUT2D eigenvalue weighted by molar-refractivity contribution is 8.04. The van der Waals surface area contributed by atoms with Crippen LogP contribution in [-0.2, 0) is 9.59 Å². The number of nitrogens with zero attached hydrogens (tertiary/aromatic N) is 1. The lowest BCUT2D eigenvalue weighted by Crippen LogP contribution is -2.32. The molecule has 0 saturated heterocycles. The normalized spacial score (nSPS) is 14.2. The number of carbonyl (C=O) groups excluding carboxylic acids is 2. The Balaban J connectivity index is 1.97. The summed E-state index contributed by atoms with van der Waals surface area (Å²) in [5.74, 6) is 0.238. The van der Waals surface area contributed by atoms with Gasteiger partial charge in [-0.25, -0.2) is 0 Å². The number of carbonyl (C=O) groups is 2. The largest absolute Gasteiger partial charge is 0.497 e. The Morgan fingerprint density at radius 2 is 1.64 bits per heavy atom. The van der Waals surface area contributed by atoms with Gasteiger partial charge in [-0.2, -0.15) is 0 Å². The van der Waals surface area contributed by atoms with Crippen LogP contribution in [0.1, 0.15) is 31.7 Å². The Morgan fingerprint density at radius 1 is 0.964 bits per heavy atom. The summed E-state index contributed by atoms with van der Waals surface area (Å²) in [4.78, 5) is 28.8. The molecule has 0 aliphatic carbocycles. The Hall–Kier alpha value is -2.24. The Kier molecular flexibility index (Phi) is 6.81. The Morgan fingerprint density at radius 3 is 2.25 bits per heavy atom. The van der Waals surface area contributed by atoms with E-state index in [1.807, 2.05) is 24.3 Å². The zero-order valence-electron chi connectivity index (χ0n) is 15.9. The fourth-order valence-corrected chi connectivity index (χ4v) is 4.14. The summed E-state index contributed by atoms with van der Waals surface area (Å²) in [7, 11) is 1.59. The summed E-state index contributed by atoms with van der Waals surface area (Å²) >= 11 is 7.27. The molecule has 1 aliphatic heterocycles. The van der Waals surface area contributed by atoms with Crippen molar-refractivity contribution in [1.82, 2.24) is 4.90 Å². The van der Waals surface area contributed by atoms with Gasteiger partial charge in [0.1, 0.15) is 5.75 Å². The van der Waals surface area contributed by atoms with Crippen LogP contribution in [0.15, 0.2) is 58.3 Å². The standard InChI is InChI=1S/C22H22ClNO3S/c1-3-4-5-14-24-21(25)19(15-6-10-17(27-2)11-7-15)20(22(24)26)28-18-12-8-16(23)9-13-18/h6-13H,3-5,14H2,1-2H3. The van der Waals surface area contributed by atoms with Crippen LogP contribution in [0.25, 0.3) is 5.57 Å². The molecular formula is C22H22ClNO3S. The number of unbranched alkanes of at least 4 members (excludes halogenated alkanes) is 2. The highest BCUT2D eigenvalue weighted by Crippen LogP contribution is 2.40. The van der Waals surface area contributed by atoms with E-state index in [0.717, 1.165) is 24.2 Å². The van der Waals surface area contributed by atoms with Crippen molar-refractivity contribution in [3.63, 3.8) is 0 Å². The predicted molar refractivity (Wildman–Crippen MR) is 113 cm³/mol. The second-order valence-corrected chi connectivity index (χ2v) is 7.98. The topological polar surface area (TPSA) is 46.6 Å². The number of hydrogen-bond donors (Lipinski definition) is 0. The molecule has 0 aromatic heterocycles. The summed E-state index contributed by atoms with van der Waals surface area (Å²) in [6, 6.07) is 14.5. The molecular weight excluding hydrogens is 394 g/mol. The van der Waals surface area contributed by atoms with Gasteiger partial charge in [-0.15, -0.1) is 0 Å². The highest BCUT2D eigenvalue weighted by Gasteiger charge is 2.39. The minimum atomic E-state index is -0.234. The van der Waals surface area contributed by atoms with Crippen LogP contribution in [0, 0.1) is 0 Å². The van der Waals surface area contributed by atoms with Gasteiger partial charge in [0.25, 0.3) is 11.8 Å². The van der Waals surface area contributed by atoms with Crippen LogP contribution < -0.4 is 4.74 Å². The van der Waals surface area contributed by atoms with Gasteiger partial charge in [-0.3, -0.25) is 14.5 Å². The minimum Gasteiger partial charge on any atom is -0.497 e. The molecule has 3 rings (SSSR count). The van der Waals surface area contributed by atoms with E-state index in [2.05, 4.69) is 6.92 Å². The molecule has 28 heavy (non-hydrogen) atoms. The number of hydrogen-bond acceptors (Lipinski definition) is 4. The lowest BCUT2D eigenvalue weighted by atomic mass is 10.1. The average molecular weight is 416 g/mol. The third-order valence-corrected chi connectivity index (χ3v) is 5.87. The molecule has 2 amide bonds. The second-order valence-electron chi connectivity index (χ2n) is 6.46. The zero-order valence-corrected chi connectivity index (χ0v) is 17.5. The minimum absolute atomic E-state index is 0.230. The SMILES string of the molecule is CCCCCN1C(=O)C(Sc2ccc(Cl)cc2)=C(c2ccc(OC)cc2)C1=O. The lowest BCUT2D eigenvalue weighted by molar-refractivity contribution is -0.136. The fourth-order valence-electron chi connectivity index (χ4n) is 3.00. The lowest BCUT2D eigenvalue weighted by Gasteiger charge is -2.14. The molecule has 6 heteroatoms. The molecule has 2 aromatic rings. The molecule has 4 nitrogen and oxygen atoms in total. The second kappa shape index (κ2) is 9.30. The predicted octanol–water partition coefficient (Wildman–Crippen LogP) is 5.41. The summed E-state index contributed by atoms with van der Waals surface area (Å²) in [5.41, 5.74) is 1.16. The first-order chi connectivity index (χ1) is 13.5. The van der Waals surface area contributed by atoms with Gasteiger partial charge in [0.2, 0.25) is 0 Å². The number of thioether (sulfide) groups is 1. The molecule has 146 valence electrons. The monoisotopic (exact) mass is 415 g/mol. The van der Waals surface area contributed by atoms with E-state index in [4.69, 9.17) is 16.3 Å². The quantitative estimate of drug-likeness (QED) is 0.427. The molecule has 0 unspecified atom stereocenters. The van der Waals surface area contributed by atoms with Crippen LogP contribution in [-0.4, -0.2) is 30.4 Å². The van der Waals surface area contributed by atoms with E-state index in [-0.39, 0.29) is 11.8 Å². The van der Waals surface area contributed by atoms with Gasteiger partial charge in [0, 0.05) is 16.5 Å². The number of imide groups is 1. The van der Waals surface area contributed by atoms with E-state index < -0.39 is 0 Å². The van der Waals surface area contributed by atoms with Crippen molar-refractivity contribution >= 4 is 40.8 Å². The summed E-state index contributed by atoms with van der Waals surface area (Å²) < 4.78 is 5.20. The number of amides is 2. The van der Waals surface area contributed by atoms with Crippen molar-refractivity contribution < 1.29 is 14.3 Å².